The first-order valence-electron chi connectivity index (χ1n) is 2.35. The summed E-state index contributed by atoms with van der Waals surface area (Å²) in [4.78, 5) is 19.9. The van der Waals surface area contributed by atoms with Crippen LogP contribution in [0, 0.1) is 0 Å². The normalized spacial score (nSPS) is 37.1. The molecule has 10 heavy (non-hydrogen) atoms. The van der Waals surface area contributed by atoms with E-state index < -0.39 is 23.8 Å². The van der Waals surface area contributed by atoms with Gasteiger partial charge in [-0.1, -0.05) is 0 Å². The highest BCUT2D eigenvalue weighted by molar-refractivity contribution is 5.90. The Morgan fingerprint density at radius 3 is 2.00 bits per heavy atom. The molecule has 6 nitrogen and oxygen atoms in total. The molecule has 0 saturated carbocycles. The molecule has 0 amide bonds. The number of aliphatic hydroxyl groups is 1. The van der Waals surface area contributed by atoms with Crippen molar-refractivity contribution >= 4 is 11.9 Å². The summed E-state index contributed by atoms with van der Waals surface area (Å²) in [7, 11) is 0. The minimum Gasteiger partial charge on any atom is -0.479 e. The average molecular weight is 148 g/mol. The van der Waals surface area contributed by atoms with E-state index in [1.807, 2.05) is 0 Å². The molecule has 0 radical (unpaired) electrons. The Hall–Kier alpha value is -1.14. The van der Waals surface area contributed by atoms with E-state index in [4.69, 9.17) is 15.3 Å². The number of carboxylic acids is 2. The number of epoxide rings is 1. The van der Waals surface area contributed by atoms with Crippen LogP contribution in [0.4, 0.5) is 0 Å². The first kappa shape index (κ1) is 6.97. The van der Waals surface area contributed by atoms with Crippen molar-refractivity contribution in [3.05, 3.63) is 0 Å². The van der Waals surface area contributed by atoms with Crippen molar-refractivity contribution in [2.45, 2.75) is 11.9 Å². The van der Waals surface area contributed by atoms with Gasteiger partial charge in [-0.3, -0.25) is 0 Å². The summed E-state index contributed by atoms with van der Waals surface area (Å²) in [5.41, 5.74) is 0. The molecule has 0 spiro atoms. The van der Waals surface area contributed by atoms with Crippen molar-refractivity contribution in [3.8, 4) is 0 Å². The molecule has 1 heterocycles. The van der Waals surface area contributed by atoms with E-state index in [2.05, 4.69) is 4.74 Å². The molecule has 0 aromatic rings. The van der Waals surface area contributed by atoms with Gasteiger partial charge < -0.3 is 20.1 Å². The Kier molecular flexibility index (Phi) is 1.17. The summed E-state index contributed by atoms with van der Waals surface area (Å²) in [6.07, 6.45) is -1.62. The van der Waals surface area contributed by atoms with E-state index >= 15 is 0 Å². The Morgan fingerprint density at radius 2 is 1.90 bits per heavy atom. The summed E-state index contributed by atoms with van der Waals surface area (Å²) in [5, 5.41) is 24.8. The summed E-state index contributed by atoms with van der Waals surface area (Å²) < 4.78 is 3.98. The first-order chi connectivity index (χ1) is 4.48. The molecule has 56 valence electrons. The van der Waals surface area contributed by atoms with E-state index in [0.29, 0.717) is 0 Å². The number of hydrogen-bond acceptors (Lipinski definition) is 4. The third kappa shape index (κ3) is 0.739. The van der Waals surface area contributed by atoms with Gasteiger partial charge in [0.25, 0.3) is 0 Å². The number of carbonyl (C=O) groups is 2. The summed E-state index contributed by atoms with van der Waals surface area (Å²) in [6.45, 7) is 0. The molecule has 1 aliphatic rings. The van der Waals surface area contributed by atoms with Crippen LogP contribution in [0.1, 0.15) is 0 Å². The maximum atomic E-state index is 9.96. The number of aliphatic carboxylic acids is 2. The minimum atomic E-state index is -2.49. The van der Waals surface area contributed by atoms with Gasteiger partial charge in [0, 0.05) is 0 Å². The van der Waals surface area contributed by atoms with Gasteiger partial charge >= 0.3 is 17.7 Å². The highest BCUT2D eigenvalue weighted by Crippen LogP contribution is 2.33. The largest absolute Gasteiger partial charge is 0.479 e. The minimum absolute atomic E-state index is 1.48. The Labute approximate surface area is 54.6 Å². The lowest BCUT2D eigenvalue weighted by molar-refractivity contribution is -0.158. The van der Waals surface area contributed by atoms with Crippen molar-refractivity contribution in [3.63, 3.8) is 0 Å². The predicted molar refractivity (Wildman–Crippen MR) is 25.1 cm³/mol. The predicted octanol–water partition coefficient (Wildman–Crippen LogP) is -1.76. The number of ether oxygens (including phenoxy) is 1. The zero-order valence-electron chi connectivity index (χ0n) is 4.64. The fourth-order valence-corrected chi connectivity index (χ4v) is 0.526. The van der Waals surface area contributed by atoms with Crippen LogP contribution >= 0.6 is 0 Å². The number of carboxylic acid groups (broad SMARTS) is 2. The van der Waals surface area contributed by atoms with E-state index in [-0.39, 0.29) is 0 Å². The molecule has 0 aliphatic carbocycles. The molecular weight excluding hydrogens is 144 g/mol. The van der Waals surface area contributed by atoms with Gasteiger partial charge in [0.2, 0.25) is 6.10 Å². The number of hydrogen-bond donors (Lipinski definition) is 3. The molecule has 6 heteroatoms. The lowest BCUT2D eigenvalue weighted by Crippen LogP contribution is -2.29. The van der Waals surface area contributed by atoms with Crippen LogP contribution in [0.15, 0.2) is 0 Å². The van der Waals surface area contributed by atoms with Crippen molar-refractivity contribution < 1.29 is 29.6 Å². The molecule has 1 rings (SSSR count). The van der Waals surface area contributed by atoms with E-state index in [1.165, 1.54) is 0 Å². The standard InChI is InChI=1S/C4H4O6/c5-2(6)1-4(9,10-1)3(7)8/h1,9H,(H,5,6)(H,7,8). The summed E-state index contributed by atoms with van der Waals surface area (Å²) in [6, 6.07) is 0. The highest BCUT2D eigenvalue weighted by Gasteiger charge is 2.67. The third-order valence-corrected chi connectivity index (χ3v) is 1.13. The van der Waals surface area contributed by atoms with Crippen molar-refractivity contribution in [1.82, 2.24) is 0 Å². The molecule has 3 N–H and O–H groups in total. The fraction of sp³-hybridized carbons (Fsp3) is 0.500. The Balaban J connectivity index is 2.65. The fourth-order valence-electron chi connectivity index (χ4n) is 0.526. The van der Waals surface area contributed by atoms with Gasteiger partial charge in [-0.25, -0.2) is 9.59 Å². The van der Waals surface area contributed by atoms with Crippen LogP contribution in [-0.2, 0) is 14.3 Å². The average Bonchev–Trinajstić information content (AvgIpc) is 2.43. The quantitative estimate of drug-likeness (QED) is 0.400. The van der Waals surface area contributed by atoms with Gasteiger partial charge in [-0.2, -0.15) is 0 Å². The Morgan fingerprint density at radius 1 is 1.40 bits per heavy atom. The molecular formula is C4H4O6. The smallest absolute Gasteiger partial charge is 0.367 e. The van der Waals surface area contributed by atoms with E-state index in [0.717, 1.165) is 0 Å². The van der Waals surface area contributed by atoms with E-state index in [1.54, 1.807) is 0 Å². The number of rotatable bonds is 2. The summed E-state index contributed by atoms with van der Waals surface area (Å²) >= 11 is 0. The van der Waals surface area contributed by atoms with Crippen LogP contribution in [0.5, 0.6) is 0 Å². The van der Waals surface area contributed by atoms with Crippen molar-refractivity contribution in [1.29, 1.82) is 0 Å². The first-order valence-corrected chi connectivity index (χ1v) is 2.35. The van der Waals surface area contributed by atoms with Gasteiger partial charge in [0.05, 0.1) is 0 Å². The zero-order valence-corrected chi connectivity index (χ0v) is 4.64. The molecule has 1 aliphatic heterocycles. The molecule has 2 unspecified atom stereocenters. The van der Waals surface area contributed by atoms with Gasteiger partial charge in [0.1, 0.15) is 0 Å². The Bertz CT molecular complexity index is 198. The molecule has 0 bridgehead atoms. The van der Waals surface area contributed by atoms with Gasteiger partial charge in [-0.15, -0.1) is 0 Å². The maximum absolute atomic E-state index is 9.96. The third-order valence-electron chi connectivity index (χ3n) is 1.13. The summed E-state index contributed by atoms with van der Waals surface area (Å²) in [5.74, 6) is -5.66. The van der Waals surface area contributed by atoms with Gasteiger partial charge in [-0.05, 0) is 0 Å². The maximum Gasteiger partial charge on any atom is 0.367 e. The van der Waals surface area contributed by atoms with Crippen LogP contribution in [0.2, 0.25) is 0 Å². The van der Waals surface area contributed by atoms with Gasteiger partial charge in [0.15, 0.2) is 0 Å². The van der Waals surface area contributed by atoms with Crippen LogP contribution in [-0.4, -0.2) is 39.1 Å². The topological polar surface area (TPSA) is 107 Å². The van der Waals surface area contributed by atoms with Crippen LogP contribution < -0.4 is 0 Å². The van der Waals surface area contributed by atoms with Crippen molar-refractivity contribution in [2.24, 2.45) is 0 Å². The zero-order chi connectivity index (χ0) is 7.94. The monoisotopic (exact) mass is 148 g/mol. The molecule has 1 fully saturated rings. The molecule has 0 aromatic heterocycles. The SMILES string of the molecule is O=C(O)C1OC1(O)C(=O)O. The lowest BCUT2D eigenvalue weighted by atomic mass is 10.3. The van der Waals surface area contributed by atoms with Crippen molar-refractivity contribution in [2.75, 3.05) is 0 Å². The highest BCUT2D eigenvalue weighted by atomic mass is 16.8. The lowest BCUT2D eigenvalue weighted by Gasteiger charge is -1.92. The second kappa shape index (κ2) is 1.68. The molecule has 1 saturated heterocycles. The van der Waals surface area contributed by atoms with Crippen LogP contribution in [0.25, 0.3) is 0 Å². The second-order valence-corrected chi connectivity index (χ2v) is 1.84. The second-order valence-electron chi connectivity index (χ2n) is 1.84. The van der Waals surface area contributed by atoms with Crippen LogP contribution in [0.3, 0.4) is 0 Å². The molecule has 2 atom stereocenters. The molecule has 0 aromatic carbocycles. The van der Waals surface area contributed by atoms with E-state index in [9.17, 15) is 9.59 Å².